The van der Waals surface area contributed by atoms with Crippen molar-refractivity contribution in [1.29, 1.82) is 0 Å². The summed E-state index contributed by atoms with van der Waals surface area (Å²) in [7, 11) is 0. The monoisotopic (exact) mass is 284 g/mol. The Kier molecular flexibility index (Phi) is 5.15. The van der Waals surface area contributed by atoms with Gasteiger partial charge >= 0.3 is 12.0 Å². The lowest BCUT2D eigenvalue weighted by Gasteiger charge is -2.13. The minimum Gasteiger partial charge on any atom is -0.480 e. The quantitative estimate of drug-likeness (QED) is 0.741. The topological polar surface area (TPSA) is 78.4 Å². The predicted molar refractivity (Wildman–Crippen MR) is 68.4 cm³/mol. The molecule has 100 valence electrons. The van der Waals surface area contributed by atoms with Gasteiger partial charge in [0.15, 0.2) is 0 Å². The number of urea groups is 1. The van der Waals surface area contributed by atoms with Gasteiger partial charge in [0.25, 0.3) is 0 Å². The van der Waals surface area contributed by atoms with Crippen LogP contribution in [0.25, 0.3) is 0 Å². The molecule has 0 aliphatic rings. The molecule has 0 spiro atoms. The van der Waals surface area contributed by atoms with Gasteiger partial charge in [-0.3, -0.25) is 0 Å². The number of benzene rings is 1. The van der Waals surface area contributed by atoms with E-state index in [9.17, 15) is 14.0 Å². The van der Waals surface area contributed by atoms with Crippen molar-refractivity contribution in [3.05, 3.63) is 29.0 Å². The van der Waals surface area contributed by atoms with E-state index in [2.05, 4.69) is 16.6 Å². The molecule has 0 radical (unpaired) electrons. The smallest absolute Gasteiger partial charge is 0.327 e. The lowest BCUT2D eigenvalue weighted by atomic mass is 10.2. The molecule has 0 fully saturated rings. The minimum atomic E-state index is -1.25. The molecule has 0 aliphatic carbocycles. The Bertz CT molecular complexity index is 542. The minimum absolute atomic E-state index is 0.146. The molecule has 0 aromatic heterocycles. The number of terminal acetylenes is 1. The molecule has 0 aliphatic heterocycles. The van der Waals surface area contributed by atoms with Crippen molar-refractivity contribution in [3.8, 4) is 12.3 Å². The van der Waals surface area contributed by atoms with Gasteiger partial charge < -0.3 is 15.7 Å². The van der Waals surface area contributed by atoms with Crippen LogP contribution >= 0.6 is 11.6 Å². The number of carboxylic acids is 1. The van der Waals surface area contributed by atoms with E-state index in [1.165, 1.54) is 12.1 Å². The maximum absolute atomic E-state index is 12.9. The van der Waals surface area contributed by atoms with Gasteiger partial charge in [0.2, 0.25) is 0 Å². The van der Waals surface area contributed by atoms with Gasteiger partial charge in [-0.25, -0.2) is 14.0 Å². The molecule has 2 amide bonds. The Hall–Kier alpha value is -2.26. The number of aliphatic carboxylic acids is 1. The first-order chi connectivity index (χ1) is 8.93. The molecule has 1 rings (SSSR count). The molecular formula is C12H10ClFN2O3. The van der Waals surface area contributed by atoms with Crippen LogP contribution in [0.5, 0.6) is 0 Å². The molecule has 7 heteroatoms. The summed E-state index contributed by atoms with van der Waals surface area (Å²) in [4.78, 5) is 22.3. The third-order valence-corrected chi connectivity index (χ3v) is 2.39. The van der Waals surface area contributed by atoms with Crippen molar-refractivity contribution >= 4 is 29.3 Å². The normalized spacial score (nSPS) is 11.2. The van der Waals surface area contributed by atoms with Crippen LogP contribution in [-0.4, -0.2) is 23.1 Å². The second kappa shape index (κ2) is 6.61. The molecule has 0 saturated carbocycles. The van der Waals surface area contributed by atoms with Crippen LogP contribution in [0.3, 0.4) is 0 Å². The number of carboxylic acid groups (broad SMARTS) is 1. The zero-order valence-corrected chi connectivity index (χ0v) is 10.4. The summed E-state index contributed by atoms with van der Waals surface area (Å²) < 4.78 is 12.9. The molecule has 0 heterocycles. The van der Waals surface area contributed by atoms with Gasteiger partial charge in [-0.05, 0) is 18.2 Å². The molecule has 19 heavy (non-hydrogen) atoms. The highest BCUT2D eigenvalue weighted by molar-refractivity contribution is 6.31. The van der Waals surface area contributed by atoms with E-state index in [0.717, 1.165) is 6.07 Å². The molecule has 1 atom stereocenters. The van der Waals surface area contributed by atoms with E-state index in [1.807, 2.05) is 0 Å². The maximum atomic E-state index is 12.9. The molecule has 3 N–H and O–H groups in total. The number of carbonyl (C=O) groups excluding carboxylic acids is 1. The molecule has 1 aromatic carbocycles. The predicted octanol–water partition coefficient (Wildman–Crippen LogP) is 2.08. The number of hydrogen-bond donors (Lipinski definition) is 3. The Labute approximate surface area is 113 Å². The first kappa shape index (κ1) is 14.8. The van der Waals surface area contributed by atoms with Gasteiger partial charge in [-0.1, -0.05) is 11.6 Å². The SMILES string of the molecule is C#CCC(NC(=O)Nc1ccc(F)c(Cl)c1)C(=O)O. The zero-order valence-electron chi connectivity index (χ0n) is 9.61. The second-order valence-electron chi connectivity index (χ2n) is 3.53. The number of carbonyl (C=O) groups is 2. The molecule has 1 unspecified atom stereocenters. The van der Waals surface area contributed by atoms with Gasteiger partial charge in [-0.15, -0.1) is 12.3 Å². The number of halogens is 2. The van der Waals surface area contributed by atoms with Crippen LogP contribution in [0.2, 0.25) is 5.02 Å². The molecule has 0 saturated heterocycles. The van der Waals surface area contributed by atoms with Gasteiger partial charge in [0.05, 0.1) is 5.02 Å². The summed E-state index contributed by atoms with van der Waals surface area (Å²) in [6, 6.07) is 1.60. The average molecular weight is 285 g/mol. The summed E-state index contributed by atoms with van der Waals surface area (Å²) in [5.74, 6) is 0.274. The highest BCUT2D eigenvalue weighted by Gasteiger charge is 2.18. The summed E-state index contributed by atoms with van der Waals surface area (Å²) >= 11 is 5.54. The van der Waals surface area contributed by atoms with Crippen molar-refractivity contribution in [2.45, 2.75) is 12.5 Å². The van der Waals surface area contributed by atoms with Gasteiger partial charge in [0, 0.05) is 12.1 Å². The number of hydrogen-bond acceptors (Lipinski definition) is 2. The van der Waals surface area contributed by atoms with E-state index in [0.29, 0.717) is 0 Å². The van der Waals surface area contributed by atoms with E-state index in [-0.39, 0.29) is 17.1 Å². The number of anilines is 1. The summed E-state index contributed by atoms with van der Waals surface area (Å²) in [5.41, 5.74) is 0.230. The van der Waals surface area contributed by atoms with Crippen LogP contribution in [0.4, 0.5) is 14.9 Å². The standard InChI is InChI=1S/C12H10ClFN2O3/c1-2-3-10(11(17)18)16-12(19)15-7-4-5-9(14)8(13)6-7/h1,4-6,10H,3H2,(H,17,18)(H2,15,16,19). The highest BCUT2D eigenvalue weighted by Crippen LogP contribution is 2.19. The highest BCUT2D eigenvalue weighted by atomic mass is 35.5. The molecular weight excluding hydrogens is 275 g/mol. The summed E-state index contributed by atoms with van der Waals surface area (Å²) in [6.07, 6.45) is 4.84. The van der Waals surface area contributed by atoms with Crippen molar-refractivity contribution in [3.63, 3.8) is 0 Å². The average Bonchev–Trinajstić information content (AvgIpc) is 2.33. The summed E-state index contributed by atoms with van der Waals surface area (Å²) in [5, 5.41) is 13.1. The Balaban J connectivity index is 2.66. The molecule has 5 nitrogen and oxygen atoms in total. The van der Waals surface area contributed by atoms with Crippen molar-refractivity contribution in [1.82, 2.24) is 5.32 Å². The van der Waals surface area contributed by atoms with E-state index < -0.39 is 23.9 Å². The third-order valence-electron chi connectivity index (χ3n) is 2.10. The number of nitrogens with one attached hydrogen (secondary N) is 2. The lowest BCUT2D eigenvalue weighted by molar-refractivity contribution is -0.139. The van der Waals surface area contributed by atoms with Crippen LogP contribution in [0, 0.1) is 18.2 Å². The number of rotatable bonds is 4. The zero-order chi connectivity index (χ0) is 14.4. The van der Waals surface area contributed by atoms with E-state index >= 15 is 0 Å². The van der Waals surface area contributed by atoms with Crippen molar-refractivity contribution in [2.24, 2.45) is 0 Å². The van der Waals surface area contributed by atoms with Gasteiger partial charge in [-0.2, -0.15) is 0 Å². The Morgan fingerprint density at radius 3 is 2.74 bits per heavy atom. The first-order valence-electron chi connectivity index (χ1n) is 5.13. The fourth-order valence-corrected chi connectivity index (χ4v) is 1.40. The summed E-state index contributed by atoms with van der Waals surface area (Å²) in [6.45, 7) is 0. The van der Waals surface area contributed by atoms with E-state index in [1.54, 1.807) is 0 Å². The fourth-order valence-electron chi connectivity index (χ4n) is 1.22. The van der Waals surface area contributed by atoms with Crippen LogP contribution in [0.15, 0.2) is 18.2 Å². The third kappa shape index (κ3) is 4.48. The molecule has 1 aromatic rings. The second-order valence-corrected chi connectivity index (χ2v) is 3.93. The molecule has 0 bridgehead atoms. The van der Waals surface area contributed by atoms with Crippen molar-refractivity contribution in [2.75, 3.05) is 5.32 Å². The van der Waals surface area contributed by atoms with Crippen molar-refractivity contribution < 1.29 is 19.1 Å². The fraction of sp³-hybridized carbons (Fsp3) is 0.167. The maximum Gasteiger partial charge on any atom is 0.327 e. The number of amides is 2. The largest absolute Gasteiger partial charge is 0.480 e. The Morgan fingerprint density at radius 2 is 2.21 bits per heavy atom. The Morgan fingerprint density at radius 1 is 1.53 bits per heavy atom. The van der Waals surface area contributed by atoms with E-state index in [4.69, 9.17) is 23.1 Å². The van der Waals surface area contributed by atoms with Crippen LogP contribution < -0.4 is 10.6 Å². The first-order valence-corrected chi connectivity index (χ1v) is 5.50. The van der Waals surface area contributed by atoms with Crippen LogP contribution in [0.1, 0.15) is 6.42 Å². The lowest BCUT2D eigenvalue weighted by Crippen LogP contribution is -2.42. The van der Waals surface area contributed by atoms with Crippen LogP contribution in [-0.2, 0) is 4.79 Å². The van der Waals surface area contributed by atoms with Gasteiger partial charge in [0.1, 0.15) is 11.9 Å².